The number of ether oxygens (including phenoxy) is 1. The van der Waals surface area contributed by atoms with Gasteiger partial charge < -0.3 is 10.1 Å². The normalized spacial score (nSPS) is 9.05. The Morgan fingerprint density at radius 3 is 2.35 bits per heavy atom. The van der Waals surface area contributed by atoms with E-state index in [2.05, 4.69) is 26.0 Å². The second-order valence-corrected chi connectivity index (χ2v) is 4.15. The molecule has 0 saturated heterocycles. The second kappa shape index (κ2) is 7.08. The number of nitrogens with one attached hydrogen (secondary N) is 1. The van der Waals surface area contributed by atoms with E-state index in [1.54, 1.807) is 6.07 Å². The maximum absolute atomic E-state index is 12.3. The molecule has 100 valence electrons. The molecule has 5 nitrogen and oxygen atoms in total. The minimum absolute atomic E-state index is 0.0352. The van der Waals surface area contributed by atoms with Crippen LogP contribution in [0.1, 0.15) is 0 Å². The van der Waals surface area contributed by atoms with E-state index in [0.717, 1.165) is 0 Å². The van der Waals surface area contributed by atoms with Crippen LogP contribution in [0.25, 0.3) is 0 Å². The average molecular weight is 339 g/mol. The minimum Gasteiger partial charge on any atom is -0.433 e. The molecule has 0 aliphatic carbocycles. The fourth-order valence-corrected chi connectivity index (χ4v) is 1.55. The lowest BCUT2D eigenvalue weighted by Gasteiger charge is -2.12. The lowest BCUT2D eigenvalue weighted by Crippen LogP contribution is -2.07. The molecule has 1 rings (SSSR count). The summed E-state index contributed by atoms with van der Waals surface area (Å²) >= 11 is 3.09. The molecule has 1 aromatic rings. The summed E-state index contributed by atoms with van der Waals surface area (Å²) in [6, 6.07) is 8.83. The third-order valence-corrected chi connectivity index (χ3v) is 2.50. The number of benzene rings is 1. The molecular weight excluding hydrogens is 334 g/mol. The van der Waals surface area contributed by atoms with Gasteiger partial charge in [-0.1, -0.05) is 15.9 Å². The molecule has 0 fully saturated rings. The highest BCUT2D eigenvalue weighted by atomic mass is 79.9. The monoisotopic (exact) mass is 338 g/mol. The van der Waals surface area contributed by atoms with E-state index in [-0.39, 0.29) is 17.1 Å². The molecule has 0 aromatic heterocycles. The quantitative estimate of drug-likeness (QED) is 0.850. The zero-order chi connectivity index (χ0) is 15.1. The zero-order valence-corrected chi connectivity index (χ0v) is 11.3. The number of halogens is 3. The Labute approximate surface area is 121 Å². The Morgan fingerprint density at radius 2 is 1.85 bits per heavy atom. The van der Waals surface area contributed by atoms with Crippen LogP contribution < -0.4 is 10.1 Å². The van der Waals surface area contributed by atoms with Crippen LogP contribution in [0.3, 0.4) is 0 Å². The second-order valence-electron chi connectivity index (χ2n) is 3.23. The molecule has 0 amide bonds. The Kier molecular flexibility index (Phi) is 5.46. The van der Waals surface area contributed by atoms with Crippen molar-refractivity contribution in [3.8, 4) is 24.0 Å². The van der Waals surface area contributed by atoms with Crippen LogP contribution in [0, 0.1) is 34.0 Å². The first-order valence-electron chi connectivity index (χ1n) is 4.97. The summed E-state index contributed by atoms with van der Waals surface area (Å²) < 4.78 is 29.4. The van der Waals surface area contributed by atoms with Crippen LogP contribution in [-0.2, 0) is 0 Å². The molecule has 0 unspecified atom stereocenters. The summed E-state index contributed by atoms with van der Waals surface area (Å²) in [6.45, 7) is -3.05. The number of nitrogens with zero attached hydrogens (tertiary/aromatic N) is 3. The SMILES string of the molecule is N#CC(C#N)=C(C#N)Nc1ccc(Br)cc1OC(F)F. The van der Waals surface area contributed by atoms with Gasteiger partial charge in [-0.15, -0.1) is 0 Å². The van der Waals surface area contributed by atoms with Crippen LogP contribution in [0.4, 0.5) is 14.5 Å². The molecule has 0 bridgehead atoms. The van der Waals surface area contributed by atoms with Crippen molar-refractivity contribution < 1.29 is 13.5 Å². The largest absolute Gasteiger partial charge is 0.433 e. The third-order valence-electron chi connectivity index (χ3n) is 2.00. The van der Waals surface area contributed by atoms with E-state index in [1.165, 1.54) is 30.3 Å². The van der Waals surface area contributed by atoms with E-state index >= 15 is 0 Å². The Hall–Kier alpha value is -2.63. The fourth-order valence-electron chi connectivity index (χ4n) is 1.21. The van der Waals surface area contributed by atoms with E-state index in [4.69, 9.17) is 15.8 Å². The first kappa shape index (κ1) is 15.4. The van der Waals surface area contributed by atoms with Crippen molar-refractivity contribution in [3.63, 3.8) is 0 Å². The molecule has 0 spiro atoms. The molecule has 0 aliphatic heterocycles. The smallest absolute Gasteiger partial charge is 0.387 e. The van der Waals surface area contributed by atoms with Gasteiger partial charge in [0, 0.05) is 4.47 Å². The lowest BCUT2D eigenvalue weighted by molar-refractivity contribution is -0.0493. The van der Waals surface area contributed by atoms with E-state index < -0.39 is 12.2 Å². The molecule has 1 N–H and O–H groups in total. The molecule has 1 aromatic carbocycles. The summed E-state index contributed by atoms with van der Waals surface area (Å²) in [5.41, 5.74) is -0.775. The zero-order valence-electron chi connectivity index (χ0n) is 9.69. The standard InChI is InChI=1S/C12H5BrF2N4O/c13-8-1-2-9(11(3-8)20-12(14)15)19-10(6-18)7(4-16)5-17/h1-3,12,19H. The number of nitriles is 3. The van der Waals surface area contributed by atoms with Crippen molar-refractivity contribution in [3.05, 3.63) is 33.9 Å². The molecule has 20 heavy (non-hydrogen) atoms. The van der Waals surface area contributed by atoms with Crippen LogP contribution >= 0.6 is 15.9 Å². The van der Waals surface area contributed by atoms with Crippen LogP contribution in [0.5, 0.6) is 5.75 Å². The van der Waals surface area contributed by atoms with Gasteiger partial charge in [0.1, 0.15) is 23.9 Å². The van der Waals surface area contributed by atoms with Gasteiger partial charge in [0.05, 0.1) is 5.69 Å². The van der Waals surface area contributed by atoms with Crippen molar-refractivity contribution >= 4 is 21.6 Å². The highest BCUT2D eigenvalue weighted by molar-refractivity contribution is 9.10. The minimum atomic E-state index is -3.05. The Morgan fingerprint density at radius 1 is 1.20 bits per heavy atom. The Balaban J connectivity index is 3.22. The number of hydrogen-bond acceptors (Lipinski definition) is 5. The predicted octanol–water partition coefficient (Wildman–Crippen LogP) is 3.29. The summed E-state index contributed by atoms with van der Waals surface area (Å²) in [6.07, 6.45) is 0. The third kappa shape index (κ3) is 3.94. The van der Waals surface area contributed by atoms with Crippen molar-refractivity contribution in [2.75, 3.05) is 5.32 Å². The van der Waals surface area contributed by atoms with Crippen LogP contribution in [-0.4, -0.2) is 6.61 Å². The highest BCUT2D eigenvalue weighted by Crippen LogP contribution is 2.30. The van der Waals surface area contributed by atoms with Crippen LogP contribution in [0.15, 0.2) is 33.9 Å². The van der Waals surface area contributed by atoms with Gasteiger partial charge in [0.25, 0.3) is 0 Å². The molecule has 0 heterocycles. The summed E-state index contributed by atoms with van der Waals surface area (Å²) in [5.74, 6) is -0.225. The summed E-state index contributed by atoms with van der Waals surface area (Å²) in [4.78, 5) is 0. The molecule has 8 heteroatoms. The van der Waals surface area contributed by atoms with Crippen molar-refractivity contribution in [2.45, 2.75) is 6.61 Å². The van der Waals surface area contributed by atoms with Crippen molar-refractivity contribution in [2.24, 2.45) is 0 Å². The van der Waals surface area contributed by atoms with Gasteiger partial charge in [-0.25, -0.2) is 0 Å². The van der Waals surface area contributed by atoms with Gasteiger partial charge in [-0.2, -0.15) is 24.6 Å². The van der Waals surface area contributed by atoms with Gasteiger partial charge in [0.15, 0.2) is 11.3 Å². The first-order valence-corrected chi connectivity index (χ1v) is 5.77. The molecule has 0 radical (unpaired) electrons. The van der Waals surface area contributed by atoms with Gasteiger partial charge >= 0.3 is 6.61 Å². The lowest BCUT2D eigenvalue weighted by atomic mass is 10.2. The predicted molar refractivity (Wildman–Crippen MR) is 68.3 cm³/mol. The van der Waals surface area contributed by atoms with E-state index in [1.807, 2.05) is 0 Å². The van der Waals surface area contributed by atoms with Crippen molar-refractivity contribution in [1.82, 2.24) is 0 Å². The number of alkyl halides is 2. The van der Waals surface area contributed by atoms with E-state index in [0.29, 0.717) is 4.47 Å². The molecule has 0 atom stereocenters. The van der Waals surface area contributed by atoms with Gasteiger partial charge in [-0.05, 0) is 18.2 Å². The number of anilines is 1. The van der Waals surface area contributed by atoms with Crippen molar-refractivity contribution in [1.29, 1.82) is 15.8 Å². The molecule has 0 aliphatic rings. The number of rotatable bonds is 4. The summed E-state index contributed by atoms with van der Waals surface area (Å²) in [5, 5.41) is 28.7. The first-order chi connectivity index (χ1) is 9.51. The number of hydrogen-bond donors (Lipinski definition) is 1. The number of allylic oxidation sites excluding steroid dienone is 2. The van der Waals surface area contributed by atoms with Gasteiger partial charge in [0.2, 0.25) is 0 Å². The molecular formula is C12H5BrF2N4O. The molecule has 0 saturated carbocycles. The fraction of sp³-hybridized carbons (Fsp3) is 0.0833. The van der Waals surface area contributed by atoms with E-state index in [9.17, 15) is 8.78 Å². The average Bonchev–Trinajstić information content (AvgIpc) is 2.40. The highest BCUT2D eigenvalue weighted by Gasteiger charge is 2.13. The summed E-state index contributed by atoms with van der Waals surface area (Å²) in [7, 11) is 0. The van der Waals surface area contributed by atoms with Crippen LogP contribution in [0.2, 0.25) is 0 Å². The maximum Gasteiger partial charge on any atom is 0.387 e. The Bertz CT molecular complexity index is 652. The topological polar surface area (TPSA) is 92.6 Å². The van der Waals surface area contributed by atoms with Gasteiger partial charge in [-0.3, -0.25) is 0 Å². The maximum atomic E-state index is 12.3.